The number of aromatic carboxylic acids is 1. The summed E-state index contributed by atoms with van der Waals surface area (Å²) in [5.41, 5.74) is 9.06. The Balaban J connectivity index is 0.000000169. The first-order valence-electron chi connectivity index (χ1n) is 49.7. The lowest BCUT2D eigenvalue weighted by molar-refractivity contribution is -0.176. The van der Waals surface area contributed by atoms with Crippen LogP contribution >= 0.6 is 0 Å². The molecule has 0 spiro atoms. The maximum Gasteiger partial charge on any atom is 0.510 e. The normalized spacial score (nSPS) is 15.8. The Hall–Kier alpha value is -17.3. The maximum atomic E-state index is 14.1. The fraction of sp³-hybridized carbons (Fsp3) is 0.327. The first kappa shape index (κ1) is 104. The molecule has 2 atom stereocenters. The lowest BCUT2D eigenvalue weighted by Gasteiger charge is -2.36. The van der Waals surface area contributed by atoms with Crippen LogP contribution in [-0.4, -0.2) is 171 Å². The van der Waals surface area contributed by atoms with Gasteiger partial charge in [0.05, 0.1) is 81.3 Å². The molecule has 11 heterocycles. The van der Waals surface area contributed by atoms with Crippen LogP contribution in [0.15, 0.2) is 179 Å². The molecule has 2 amide bonds. The Morgan fingerprint density at radius 1 is 0.487 bits per heavy atom. The number of aryl methyl sites for hydroxylation is 3. The Labute approximate surface area is 860 Å². The topological polar surface area (TPSA) is 487 Å². The van der Waals surface area contributed by atoms with Gasteiger partial charge in [-0.15, -0.1) is 20.4 Å². The van der Waals surface area contributed by atoms with E-state index in [1.54, 1.807) is 169 Å². The van der Waals surface area contributed by atoms with Gasteiger partial charge in [0, 0.05) is 94.6 Å². The number of hydrogen-bond acceptors (Lipinski definition) is 30. The Kier molecular flexibility index (Phi) is 29.9. The van der Waals surface area contributed by atoms with E-state index < -0.39 is 59.4 Å². The SMILES string of the molecule is C.CCNC(=O)c1nnc(-c2cc(C(C)C)c(O)cc2O)n1-c1ccc(Oc2ccc(C(=O)N3CCC(OC(=O)OC4(CC)C(=O)OCc5c4cc4n(c5=O)Cc5c-4nc4ccc(O)cc4c5CC)CC3)cc2)cc1.CCOC(=O)c1nnc(-c2cc(C(C)C)c(O)cc2O)n1-c1ccc(Oc2ccc(C(=O)O)cc2)cc1.CCc1c2c(nc3ccc(C)cc13)-c1cc3c(c(=O)n1C2)COC(=O)C3(CC)OC(=O)OC1CCCCC1. The molecule has 14 aromatic rings. The first-order chi connectivity index (χ1) is 71.7. The van der Waals surface area contributed by atoms with Gasteiger partial charge < -0.3 is 92.6 Å². The van der Waals surface area contributed by atoms with E-state index in [9.17, 15) is 73.5 Å². The molecule has 2 fully saturated rings. The quantitative estimate of drug-likeness (QED) is 0.0218. The van der Waals surface area contributed by atoms with E-state index in [0.29, 0.717) is 117 Å². The summed E-state index contributed by atoms with van der Waals surface area (Å²) in [6.07, 6.45) is 3.88. The number of hydrogen-bond donors (Lipinski definition) is 7. The molecule has 0 radical (unpaired) electrons. The summed E-state index contributed by atoms with van der Waals surface area (Å²) < 4.78 is 57.4. The molecule has 37 heteroatoms. The number of benzene rings is 8. The number of nitrogens with zero attached hydrogens (tertiary/aromatic N) is 11. The molecule has 150 heavy (non-hydrogen) atoms. The third-order valence-corrected chi connectivity index (χ3v) is 27.9. The largest absolute Gasteiger partial charge is 0.510 e. The van der Waals surface area contributed by atoms with Crippen molar-refractivity contribution in [3.63, 3.8) is 0 Å². The first-order valence-corrected chi connectivity index (χ1v) is 49.7. The number of ether oxygens (including phenoxy) is 9. The van der Waals surface area contributed by atoms with Gasteiger partial charge in [-0.1, -0.05) is 80.9 Å². The van der Waals surface area contributed by atoms with E-state index in [2.05, 4.69) is 45.6 Å². The highest BCUT2D eigenvalue weighted by atomic mass is 16.8. The average molecular weight is 2040 g/mol. The Morgan fingerprint density at radius 2 is 0.920 bits per heavy atom. The van der Waals surface area contributed by atoms with E-state index in [1.807, 2.05) is 46.8 Å². The number of likely N-dealkylation sites (tertiary alicyclic amines) is 1. The maximum absolute atomic E-state index is 14.1. The molecule has 6 aromatic heterocycles. The number of nitrogens with one attached hydrogen (secondary N) is 1. The van der Waals surface area contributed by atoms with Crippen LogP contribution in [0.3, 0.4) is 0 Å². The van der Waals surface area contributed by atoms with Crippen molar-refractivity contribution in [2.75, 3.05) is 26.2 Å². The summed E-state index contributed by atoms with van der Waals surface area (Å²) >= 11 is 0. The highest BCUT2D eigenvalue weighted by molar-refractivity contribution is 5.97. The molecule has 6 aliphatic rings. The zero-order chi connectivity index (χ0) is 105. The molecule has 8 aromatic carbocycles. The van der Waals surface area contributed by atoms with Gasteiger partial charge in [-0.2, -0.15) is 0 Å². The molecule has 1 aliphatic carbocycles. The van der Waals surface area contributed by atoms with Crippen LogP contribution in [0.1, 0.15) is 249 Å². The van der Waals surface area contributed by atoms with Crippen LogP contribution in [-0.2, 0) is 93.1 Å². The van der Waals surface area contributed by atoms with E-state index in [-0.39, 0.29) is 175 Å². The van der Waals surface area contributed by atoms with Crippen molar-refractivity contribution in [2.24, 2.45) is 0 Å². The van der Waals surface area contributed by atoms with Crippen LogP contribution in [0.4, 0.5) is 9.59 Å². The van der Waals surface area contributed by atoms with Crippen LogP contribution < -0.4 is 25.9 Å². The van der Waals surface area contributed by atoms with Gasteiger partial charge in [-0.3, -0.25) is 28.3 Å². The monoisotopic (exact) mass is 2040 g/mol. The third kappa shape index (κ3) is 19.9. The summed E-state index contributed by atoms with van der Waals surface area (Å²) in [6, 6.07) is 46.5. The number of amides is 2. The van der Waals surface area contributed by atoms with E-state index in [1.165, 1.54) is 33.4 Å². The molecule has 2 unspecified atom stereocenters. The smallest absolute Gasteiger partial charge is 0.508 e. The fourth-order valence-corrected chi connectivity index (χ4v) is 20.2. The number of carbonyl (C=O) groups excluding carboxylic acids is 7. The van der Waals surface area contributed by atoms with Crippen molar-refractivity contribution in [3.8, 4) is 109 Å². The number of carboxylic acids is 1. The number of esters is 3. The second-order valence-electron chi connectivity index (χ2n) is 37.8. The number of cyclic esters (lactones) is 2. The van der Waals surface area contributed by atoms with Gasteiger partial charge in [0.2, 0.25) is 22.9 Å². The van der Waals surface area contributed by atoms with E-state index in [4.69, 9.17) is 57.7 Å². The lowest BCUT2D eigenvalue weighted by atomic mass is 9.85. The van der Waals surface area contributed by atoms with Gasteiger partial charge in [-0.25, -0.2) is 38.7 Å². The van der Waals surface area contributed by atoms with Crippen molar-refractivity contribution < 1.29 is 112 Å². The number of carboxylic acid groups (broad SMARTS) is 1. The van der Waals surface area contributed by atoms with Gasteiger partial charge in [-0.05, 0) is 258 Å². The number of phenols is 5. The van der Waals surface area contributed by atoms with Crippen LogP contribution in [0.2, 0.25) is 0 Å². The highest BCUT2D eigenvalue weighted by Crippen LogP contribution is 2.48. The highest BCUT2D eigenvalue weighted by Gasteiger charge is 2.54. The summed E-state index contributed by atoms with van der Waals surface area (Å²) in [5.74, 6) is -2.41. The minimum Gasteiger partial charge on any atom is -0.508 e. The van der Waals surface area contributed by atoms with Crippen molar-refractivity contribution in [1.29, 1.82) is 0 Å². The number of aromatic hydroxyl groups is 5. The van der Waals surface area contributed by atoms with Gasteiger partial charge >= 0.3 is 36.2 Å². The molecular formula is C113H114N12O25. The minimum atomic E-state index is -1.96. The number of phenolic OH excluding ortho intramolecular Hbond substituents is 5. The fourth-order valence-electron chi connectivity index (χ4n) is 20.2. The second-order valence-corrected chi connectivity index (χ2v) is 37.8. The summed E-state index contributed by atoms with van der Waals surface area (Å²) in [7, 11) is 0. The van der Waals surface area contributed by atoms with Gasteiger partial charge in [0.15, 0.2) is 11.6 Å². The van der Waals surface area contributed by atoms with Crippen molar-refractivity contribution in [1.82, 2.24) is 58.8 Å². The number of fused-ring (bicyclic) bond motifs is 10. The summed E-state index contributed by atoms with van der Waals surface area (Å²) in [4.78, 5) is 143. The Bertz CT molecular complexity index is 7810. The molecule has 0 bridgehead atoms. The predicted molar refractivity (Wildman–Crippen MR) is 550 cm³/mol. The van der Waals surface area contributed by atoms with E-state index in [0.717, 1.165) is 88.3 Å². The standard InChI is InChI=1S/C55H53N7O12.C30H32N2O6.C27H25N3O7.CH4/c1-6-36-38-23-32(63)13-18-43(38)57-47-40(36)27-61-44(47)25-42-41(52(61)68)28-71-53(69)55(42,7-2)74-54(70)73-35-19-21-60(22-20-35)51(67)30-9-14-33(15-10-30)72-34-16-11-31(12-17-34)62-48(58-59-49(62)50(66)56-8-3)39-24-37(29(4)5)45(64)26-46(39)65;1-4-19-20-13-17(3)11-12-24(20)31-26-21(19)15-32-25(26)14-23-22(27(32)33)16-36-28(34)30(23,5-2)38-29(35)37-18-9-7-6-8-10-18;1-4-36-27(35)25-29-28-24(21-13-20(15(2)3)22(31)14-23(21)32)30(25)17-7-11-19(12-8-17)37-18-9-5-16(6-10-18)26(33)34;/h9-18,23-26,29,35,63-65H,6-8,19-22,27-28H2,1-5H3,(H,56,66);11-14,18H,4-10,15-16H2,1-3H3;5-15,31-32H,4H2,1-3H3,(H,33,34);1H4. The zero-order valence-corrected chi connectivity index (χ0v) is 83.8. The van der Waals surface area contributed by atoms with Gasteiger partial charge in [0.25, 0.3) is 22.9 Å². The number of pyridine rings is 4. The molecule has 1 saturated carbocycles. The zero-order valence-electron chi connectivity index (χ0n) is 83.8. The second kappa shape index (κ2) is 43.0. The van der Waals surface area contributed by atoms with Crippen molar-refractivity contribution in [3.05, 3.63) is 275 Å². The molecular weight excluding hydrogens is 1930 g/mol. The Morgan fingerprint density at radius 3 is 1.36 bits per heavy atom. The molecule has 7 N–H and O–H groups in total. The molecule has 1 saturated heterocycles. The minimum absolute atomic E-state index is 0. The molecule has 776 valence electrons. The van der Waals surface area contributed by atoms with Crippen LogP contribution in [0, 0.1) is 6.92 Å². The van der Waals surface area contributed by atoms with Crippen molar-refractivity contribution in [2.45, 2.75) is 216 Å². The lowest BCUT2D eigenvalue weighted by Crippen LogP contribution is -2.48. The van der Waals surface area contributed by atoms with Crippen molar-refractivity contribution >= 4 is 69.8 Å². The van der Waals surface area contributed by atoms with Gasteiger partial charge in [0.1, 0.15) is 77.2 Å². The number of piperidine rings is 1. The van der Waals surface area contributed by atoms with E-state index >= 15 is 0 Å². The number of aromatic nitrogens is 10. The third-order valence-electron chi connectivity index (χ3n) is 27.9. The summed E-state index contributed by atoms with van der Waals surface area (Å²) in [5, 5.41) is 82.8. The molecule has 5 aliphatic heterocycles. The summed E-state index contributed by atoms with van der Waals surface area (Å²) in [6.45, 7) is 21.8. The average Bonchev–Trinajstić information content (AvgIpc) is 1.56. The predicted octanol–water partition coefficient (Wildman–Crippen LogP) is 19.4. The van der Waals surface area contributed by atoms with Crippen LogP contribution in [0.5, 0.6) is 51.7 Å². The number of rotatable bonds is 24. The number of carbonyl (C=O) groups is 8. The molecule has 37 nitrogen and oxygen atoms in total. The van der Waals surface area contributed by atoms with Crippen LogP contribution in [0.25, 0.3) is 78.7 Å². The molecule has 20 rings (SSSR count).